The van der Waals surface area contributed by atoms with Gasteiger partial charge in [0, 0.05) is 23.7 Å². The Hall–Kier alpha value is -0.0200. The Balaban J connectivity index is 2.04. The Morgan fingerprint density at radius 3 is 2.75 bits per heavy atom. The van der Waals surface area contributed by atoms with Crippen molar-refractivity contribution in [2.75, 3.05) is 18.1 Å². The normalized spacial score (nSPS) is 35.6. The first-order valence-electron chi connectivity index (χ1n) is 6.19. The molecular formula is C13H22O2S. The summed E-state index contributed by atoms with van der Waals surface area (Å²) in [7, 11) is 0. The highest BCUT2D eigenvalue weighted by molar-refractivity contribution is 7.99. The molecule has 0 radical (unpaired) electrons. The lowest BCUT2D eigenvalue weighted by Crippen LogP contribution is -2.44. The van der Waals surface area contributed by atoms with Gasteiger partial charge in [-0.05, 0) is 25.0 Å². The molecule has 0 aromatic heterocycles. The van der Waals surface area contributed by atoms with E-state index in [0.717, 1.165) is 31.6 Å². The van der Waals surface area contributed by atoms with Crippen molar-refractivity contribution >= 4 is 17.5 Å². The van der Waals surface area contributed by atoms with Crippen molar-refractivity contribution in [2.24, 2.45) is 11.3 Å². The zero-order valence-electron chi connectivity index (χ0n) is 10.5. The number of hydrogen-bond donors (Lipinski definition) is 0. The predicted octanol–water partition coefficient (Wildman–Crippen LogP) is 2.90. The molecule has 2 unspecified atom stereocenters. The van der Waals surface area contributed by atoms with Gasteiger partial charge in [0.1, 0.15) is 5.78 Å². The van der Waals surface area contributed by atoms with Crippen molar-refractivity contribution in [1.82, 2.24) is 0 Å². The third-order valence-corrected chi connectivity index (χ3v) is 4.89. The first-order chi connectivity index (χ1) is 7.43. The van der Waals surface area contributed by atoms with E-state index < -0.39 is 0 Å². The van der Waals surface area contributed by atoms with Gasteiger partial charge in [-0.15, -0.1) is 0 Å². The molecular weight excluding hydrogens is 220 g/mol. The number of carbonyl (C=O) groups is 1. The molecule has 1 spiro atoms. The van der Waals surface area contributed by atoms with Crippen LogP contribution in [0, 0.1) is 11.3 Å². The molecule has 2 saturated heterocycles. The Morgan fingerprint density at radius 2 is 2.19 bits per heavy atom. The van der Waals surface area contributed by atoms with Crippen LogP contribution in [0.1, 0.15) is 40.0 Å². The van der Waals surface area contributed by atoms with Gasteiger partial charge in [0.15, 0.2) is 0 Å². The topological polar surface area (TPSA) is 26.3 Å². The average Bonchev–Trinajstić information content (AvgIpc) is 2.64. The standard InChI is InChI=1S/C13H22O2S/c1-12(2,3)11(14)10-4-6-15-13(8-10)5-7-16-9-13/h10H,4-9H2,1-3H3. The molecule has 92 valence electrons. The first-order valence-corrected chi connectivity index (χ1v) is 7.34. The van der Waals surface area contributed by atoms with E-state index in [-0.39, 0.29) is 16.9 Å². The highest BCUT2D eigenvalue weighted by Gasteiger charge is 2.44. The van der Waals surface area contributed by atoms with E-state index in [0.29, 0.717) is 5.78 Å². The lowest BCUT2D eigenvalue weighted by Gasteiger charge is -2.39. The van der Waals surface area contributed by atoms with Crippen LogP contribution in [0.3, 0.4) is 0 Å². The molecule has 2 aliphatic rings. The van der Waals surface area contributed by atoms with Crippen LogP contribution >= 0.6 is 11.8 Å². The summed E-state index contributed by atoms with van der Waals surface area (Å²) in [5.74, 6) is 2.93. The van der Waals surface area contributed by atoms with Crippen LogP contribution < -0.4 is 0 Å². The molecule has 2 aliphatic heterocycles. The summed E-state index contributed by atoms with van der Waals surface area (Å²) in [4.78, 5) is 12.3. The van der Waals surface area contributed by atoms with E-state index in [1.165, 1.54) is 5.75 Å². The Morgan fingerprint density at radius 1 is 1.44 bits per heavy atom. The van der Waals surface area contributed by atoms with Crippen LogP contribution in [-0.2, 0) is 9.53 Å². The van der Waals surface area contributed by atoms with Gasteiger partial charge >= 0.3 is 0 Å². The van der Waals surface area contributed by atoms with Crippen molar-refractivity contribution < 1.29 is 9.53 Å². The number of thioether (sulfide) groups is 1. The summed E-state index contributed by atoms with van der Waals surface area (Å²) in [5, 5.41) is 0. The minimum atomic E-state index is -0.199. The maximum absolute atomic E-state index is 12.3. The molecule has 2 heterocycles. The average molecular weight is 242 g/mol. The van der Waals surface area contributed by atoms with Crippen molar-refractivity contribution in [2.45, 2.75) is 45.6 Å². The van der Waals surface area contributed by atoms with E-state index in [1.54, 1.807) is 0 Å². The number of hydrogen-bond acceptors (Lipinski definition) is 3. The SMILES string of the molecule is CC(C)(C)C(=O)C1CCOC2(CCSC2)C1. The number of ether oxygens (including phenoxy) is 1. The summed E-state index contributed by atoms with van der Waals surface area (Å²) in [6, 6.07) is 0. The van der Waals surface area contributed by atoms with Crippen LogP contribution in [0.5, 0.6) is 0 Å². The number of ketones is 1. The molecule has 0 N–H and O–H groups in total. The van der Waals surface area contributed by atoms with Crippen LogP contribution in [-0.4, -0.2) is 29.5 Å². The number of carbonyl (C=O) groups excluding carboxylic acids is 1. The summed E-state index contributed by atoms with van der Waals surface area (Å²) >= 11 is 1.96. The van der Waals surface area contributed by atoms with Crippen molar-refractivity contribution in [1.29, 1.82) is 0 Å². The molecule has 0 aromatic rings. The quantitative estimate of drug-likeness (QED) is 0.707. The first kappa shape index (κ1) is 12.4. The molecule has 2 atom stereocenters. The molecule has 2 fully saturated rings. The summed E-state index contributed by atoms with van der Waals surface area (Å²) < 4.78 is 5.95. The molecule has 16 heavy (non-hydrogen) atoms. The lowest BCUT2D eigenvalue weighted by molar-refractivity contribution is -0.141. The van der Waals surface area contributed by atoms with Crippen LogP contribution in [0.2, 0.25) is 0 Å². The Kier molecular flexibility index (Phi) is 3.37. The van der Waals surface area contributed by atoms with Crippen LogP contribution in [0.15, 0.2) is 0 Å². The minimum absolute atomic E-state index is 0.0362. The summed E-state index contributed by atoms with van der Waals surface area (Å²) in [6.07, 6.45) is 3.00. The van der Waals surface area contributed by atoms with Gasteiger partial charge in [0.05, 0.1) is 5.60 Å². The van der Waals surface area contributed by atoms with E-state index in [2.05, 4.69) is 0 Å². The third-order valence-electron chi connectivity index (χ3n) is 3.67. The van der Waals surface area contributed by atoms with Crippen molar-refractivity contribution in [3.8, 4) is 0 Å². The Bertz CT molecular complexity index is 274. The fourth-order valence-electron chi connectivity index (χ4n) is 2.73. The fourth-order valence-corrected chi connectivity index (χ4v) is 4.11. The van der Waals surface area contributed by atoms with Gasteiger partial charge in [-0.25, -0.2) is 0 Å². The highest BCUT2D eigenvalue weighted by atomic mass is 32.2. The van der Waals surface area contributed by atoms with Gasteiger partial charge in [-0.3, -0.25) is 4.79 Å². The zero-order chi connectivity index (χ0) is 11.8. The minimum Gasteiger partial charge on any atom is -0.374 e. The molecule has 2 rings (SSSR count). The fraction of sp³-hybridized carbons (Fsp3) is 0.923. The summed E-state index contributed by atoms with van der Waals surface area (Å²) in [6.45, 7) is 6.86. The monoisotopic (exact) mass is 242 g/mol. The van der Waals surface area contributed by atoms with Gasteiger partial charge in [-0.2, -0.15) is 11.8 Å². The molecule has 3 heteroatoms. The van der Waals surface area contributed by atoms with Gasteiger partial charge < -0.3 is 4.74 Å². The third kappa shape index (κ3) is 2.45. The van der Waals surface area contributed by atoms with Crippen LogP contribution in [0.4, 0.5) is 0 Å². The largest absolute Gasteiger partial charge is 0.374 e. The van der Waals surface area contributed by atoms with Crippen molar-refractivity contribution in [3.05, 3.63) is 0 Å². The van der Waals surface area contributed by atoms with E-state index in [1.807, 2.05) is 32.5 Å². The van der Waals surface area contributed by atoms with Gasteiger partial charge in [0.25, 0.3) is 0 Å². The molecule has 0 aliphatic carbocycles. The Labute approximate surface area is 103 Å². The number of Topliss-reactive ketones (excluding diaryl/α,β-unsaturated/α-hetero) is 1. The van der Waals surface area contributed by atoms with Crippen molar-refractivity contribution in [3.63, 3.8) is 0 Å². The lowest BCUT2D eigenvalue weighted by atomic mass is 9.75. The van der Waals surface area contributed by atoms with Gasteiger partial charge in [-0.1, -0.05) is 20.8 Å². The predicted molar refractivity (Wildman–Crippen MR) is 67.8 cm³/mol. The molecule has 0 amide bonds. The second-order valence-electron chi connectivity index (χ2n) is 6.14. The highest BCUT2D eigenvalue weighted by Crippen LogP contribution is 2.42. The maximum atomic E-state index is 12.3. The second kappa shape index (κ2) is 4.34. The number of rotatable bonds is 1. The van der Waals surface area contributed by atoms with Crippen LogP contribution in [0.25, 0.3) is 0 Å². The van der Waals surface area contributed by atoms with E-state index in [4.69, 9.17) is 4.74 Å². The van der Waals surface area contributed by atoms with E-state index in [9.17, 15) is 4.79 Å². The van der Waals surface area contributed by atoms with E-state index >= 15 is 0 Å². The summed E-state index contributed by atoms with van der Waals surface area (Å²) in [5.41, 5.74) is -0.163. The van der Waals surface area contributed by atoms with Gasteiger partial charge in [0.2, 0.25) is 0 Å². The molecule has 2 nitrogen and oxygen atoms in total. The zero-order valence-corrected chi connectivity index (χ0v) is 11.4. The molecule has 0 aromatic carbocycles. The second-order valence-corrected chi connectivity index (χ2v) is 7.24. The molecule has 0 saturated carbocycles. The maximum Gasteiger partial charge on any atom is 0.141 e. The smallest absolute Gasteiger partial charge is 0.141 e. The molecule has 0 bridgehead atoms.